The molecule has 1 amide bonds. The van der Waals surface area contributed by atoms with Crippen LogP contribution in [-0.2, 0) is 14.6 Å². The molecule has 0 saturated carbocycles. The first-order valence-electron chi connectivity index (χ1n) is 6.17. The summed E-state index contributed by atoms with van der Waals surface area (Å²) in [5.41, 5.74) is 0.462. The number of ether oxygens (including phenoxy) is 1. The van der Waals surface area contributed by atoms with Gasteiger partial charge in [-0.1, -0.05) is 12.1 Å². The molecular weight excluding hydrogens is 282 g/mol. The van der Waals surface area contributed by atoms with Gasteiger partial charge in [0.25, 0.3) is 0 Å². The predicted octanol–water partition coefficient (Wildman–Crippen LogP) is 0.206. The van der Waals surface area contributed by atoms with Crippen molar-refractivity contribution in [2.75, 3.05) is 23.5 Å². The Morgan fingerprint density at radius 3 is 2.50 bits per heavy atom. The molecule has 1 aliphatic heterocycles. The largest absolute Gasteiger partial charge is 0.495 e. The quantitative estimate of drug-likeness (QED) is 0.862. The SMILES string of the molecule is COc1ccccc1N(C(C)=O)C1CS(=O)(=O)CC1O. The van der Waals surface area contributed by atoms with Crippen LogP contribution in [0.1, 0.15) is 6.92 Å². The standard InChI is InChI=1S/C13H17NO5S/c1-9(15)14(10-5-3-4-6-13(10)19-2)11-7-20(17,18)8-12(11)16/h3-6,11-12,16H,7-8H2,1-2H3. The van der Waals surface area contributed by atoms with Crippen molar-refractivity contribution in [3.05, 3.63) is 24.3 Å². The molecule has 0 radical (unpaired) electrons. The highest BCUT2D eigenvalue weighted by Gasteiger charge is 2.42. The van der Waals surface area contributed by atoms with E-state index < -0.39 is 22.0 Å². The topological polar surface area (TPSA) is 83.9 Å². The Morgan fingerprint density at radius 1 is 1.35 bits per heavy atom. The van der Waals surface area contributed by atoms with Gasteiger partial charge >= 0.3 is 0 Å². The van der Waals surface area contributed by atoms with E-state index in [1.165, 1.54) is 18.9 Å². The number of methoxy groups -OCH3 is 1. The molecule has 6 nitrogen and oxygen atoms in total. The Kier molecular flexibility index (Phi) is 4.01. The smallest absolute Gasteiger partial charge is 0.224 e. The molecule has 1 aromatic carbocycles. The fourth-order valence-electron chi connectivity index (χ4n) is 2.47. The van der Waals surface area contributed by atoms with Gasteiger partial charge in [0.15, 0.2) is 9.84 Å². The fraction of sp³-hybridized carbons (Fsp3) is 0.462. The van der Waals surface area contributed by atoms with Crippen molar-refractivity contribution in [3.8, 4) is 5.75 Å². The van der Waals surface area contributed by atoms with Gasteiger partial charge in [0, 0.05) is 6.92 Å². The molecule has 1 aliphatic rings. The van der Waals surface area contributed by atoms with Crippen LogP contribution in [0.15, 0.2) is 24.3 Å². The summed E-state index contributed by atoms with van der Waals surface area (Å²) in [5.74, 6) is -0.447. The number of aliphatic hydroxyl groups excluding tert-OH is 1. The Balaban J connectivity index is 2.45. The summed E-state index contributed by atoms with van der Waals surface area (Å²) >= 11 is 0. The zero-order valence-corrected chi connectivity index (χ0v) is 12.1. The third-order valence-electron chi connectivity index (χ3n) is 3.31. The van der Waals surface area contributed by atoms with Crippen molar-refractivity contribution in [3.63, 3.8) is 0 Å². The van der Waals surface area contributed by atoms with Crippen LogP contribution in [0.3, 0.4) is 0 Å². The van der Waals surface area contributed by atoms with Crippen LogP contribution in [0.4, 0.5) is 5.69 Å². The molecule has 1 aromatic rings. The van der Waals surface area contributed by atoms with Gasteiger partial charge < -0.3 is 14.7 Å². The van der Waals surface area contributed by atoms with E-state index in [-0.39, 0.29) is 17.4 Å². The highest BCUT2D eigenvalue weighted by molar-refractivity contribution is 7.91. The predicted molar refractivity (Wildman–Crippen MR) is 74.6 cm³/mol. The molecule has 1 N–H and O–H groups in total. The molecule has 0 aromatic heterocycles. The summed E-state index contributed by atoms with van der Waals surface area (Å²) in [6, 6.07) is 6.04. The van der Waals surface area contributed by atoms with Crippen molar-refractivity contribution in [2.45, 2.75) is 19.1 Å². The lowest BCUT2D eigenvalue weighted by atomic mass is 10.1. The lowest BCUT2D eigenvalue weighted by Crippen LogP contribution is -2.46. The number of carbonyl (C=O) groups is 1. The molecule has 1 fully saturated rings. The Bertz CT molecular complexity index is 613. The van der Waals surface area contributed by atoms with E-state index in [0.717, 1.165) is 0 Å². The molecular formula is C13H17NO5S. The highest BCUT2D eigenvalue weighted by Crippen LogP contribution is 2.32. The number of aliphatic hydroxyl groups is 1. The number of hydrogen-bond acceptors (Lipinski definition) is 5. The van der Waals surface area contributed by atoms with Crippen LogP contribution >= 0.6 is 0 Å². The number of anilines is 1. The Morgan fingerprint density at radius 2 is 2.00 bits per heavy atom. The van der Waals surface area contributed by atoms with Gasteiger partial charge in [0.05, 0.1) is 36.4 Å². The number of sulfone groups is 1. The summed E-state index contributed by atoms with van der Waals surface area (Å²) in [6.45, 7) is 1.34. The summed E-state index contributed by atoms with van der Waals surface area (Å²) in [5, 5.41) is 9.95. The van der Waals surface area contributed by atoms with Gasteiger partial charge in [-0.2, -0.15) is 0 Å². The first-order valence-corrected chi connectivity index (χ1v) is 7.99. The molecule has 2 atom stereocenters. The maximum atomic E-state index is 11.9. The summed E-state index contributed by atoms with van der Waals surface area (Å²) in [4.78, 5) is 13.2. The molecule has 0 aliphatic carbocycles. The number of benzene rings is 1. The molecule has 110 valence electrons. The van der Waals surface area contributed by atoms with Crippen LogP contribution in [0.2, 0.25) is 0 Å². The van der Waals surface area contributed by atoms with E-state index >= 15 is 0 Å². The summed E-state index contributed by atoms with van der Waals surface area (Å²) in [6.07, 6.45) is -1.09. The minimum Gasteiger partial charge on any atom is -0.495 e. The highest BCUT2D eigenvalue weighted by atomic mass is 32.2. The lowest BCUT2D eigenvalue weighted by molar-refractivity contribution is -0.117. The van der Waals surface area contributed by atoms with Gasteiger partial charge in [0.2, 0.25) is 5.91 Å². The van der Waals surface area contributed by atoms with E-state index in [4.69, 9.17) is 4.74 Å². The van der Waals surface area contributed by atoms with E-state index in [0.29, 0.717) is 11.4 Å². The monoisotopic (exact) mass is 299 g/mol. The maximum Gasteiger partial charge on any atom is 0.224 e. The van der Waals surface area contributed by atoms with Gasteiger partial charge in [-0.05, 0) is 12.1 Å². The number of nitrogens with zero attached hydrogens (tertiary/aromatic N) is 1. The summed E-state index contributed by atoms with van der Waals surface area (Å²) < 4.78 is 28.5. The zero-order valence-electron chi connectivity index (χ0n) is 11.3. The number of carbonyl (C=O) groups excluding carboxylic acids is 1. The second kappa shape index (κ2) is 5.41. The fourth-order valence-corrected chi connectivity index (χ4v) is 4.24. The van der Waals surface area contributed by atoms with Gasteiger partial charge in [-0.3, -0.25) is 4.79 Å². The molecule has 1 saturated heterocycles. The number of hydrogen-bond donors (Lipinski definition) is 1. The molecule has 0 bridgehead atoms. The third kappa shape index (κ3) is 2.78. The average Bonchev–Trinajstić information content (AvgIpc) is 2.63. The van der Waals surface area contributed by atoms with Gasteiger partial charge in [-0.15, -0.1) is 0 Å². The Hall–Kier alpha value is -1.60. The summed E-state index contributed by atoms with van der Waals surface area (Å²) in [7, 11) is -1.86. The second-order valence-corrected chi connectivity index (χ2v) is 6.93. The number of amides is 1. The van der Waals surface area contributed by atoms with Crippen molar-refractivity contribution < 1.29 is 23.1 Å². The van der Waals surface area contributed by atoms with Crippen LogP contribution in [0, 0.1) is 0 Å². The molecule has 1 heterocycles. The lowest BCUT2D eigenvalue weighted by Gasteiger charge is -2.30. The molecule has 2 unspecified atom stereocenters. The van der Waals surface area contributed by atoms with E-state index in [9.17, 15) is 18.3 Å². The average molecular weight is 299 g/mol. The van der Waals surface area contributed by atoms with Gasteiger partial charge in [0.1, 0.15) is 5.75 Å². The van der Waals surface area contributed by atoms with Crippen molar-refractivity contribution in [1.29, 1.82) is 0 Å². The van der Waals surface area contributed by atoms with Crippen LogP contribution in [0.25, 0.3) is 0 Å². The molecule has 20 heavy (non-hydrogen) atoms. The van der Waals surface area contributed by atoms with Crippen molar-refractivity contribution >= 4 is 21.4 Å². The minimum absolute atomic E-state index is 0.244. The molecule has 2 rings (SSSR count). The third-order valence-corrected chi connectivity index (χ3v) is 5.01. The normalized spacial score (nSPS) is 24.4. The van der Waals surface area contributed by atoms with E-state index in [2.05, 4.69) is 0 Å². The van der Waals surface area contributed by atoms with Crippen LogP contribution < -0.4 is 9.64 Å². The first-order chi connectivity index (χ1) is 9.35. The number of rotatable bonds is 3. The van der Waals surface area contributed by atoms with Gasteiger partial charge in [-0.25, -0.2) is 8.42 Å². The minimum atomic E-state index is -3.34. The number of para-hydroxylation sites is 2. The van der Waals surface area contributed by atoms with Crippen molar-refractivity contribution in [1.82, 2.24) is 0 Å². The maximum absolute atomic E-state index is 11.9. The second-order valence-electron chi connectivity index (χ2n) is 4.77. The van der Waals surface area contributed by atoms with Crippen LogP contribution in [-0.4, -0.2) is 50.2 Å². The first kappa shape index (κ1) is 14.8. The Labute approximate surface area is 117 Å². The van der Waals surface area contributed by atoms with Crippen LogP contribution in [0.5, 0.6) is 5.75 Å². The van der Waals surface area contributed by atoms with E-state index in [1.807, 2.05) is 0 Å². The molecule has 0 spiro atoms. The van der Waals surface area contributed by atoms with E-state index in [1.54, 1.807) is 24.3 Å². The van der Waals surface area contributed by atoms with Crippen molar-refractivity contribution in [2.24, 2.45) is 0 Å². The zero-order chi connectivity index (χ0) is 14.9. The molecule has 7 heteroatoms.